The van der Waals surface area contributed by atoms with Crippen molar-refractivity contribution in [1.29, 1.82) is 0 Å². The Bertz CT molecular complexity index is 1020. The number of nitrogens with zero attached hydrogens (tertiary/aromatic N) is 2. The van der Waals surface area contributed by atoms with Crippen LogP contribution in [0, 0.1) is 0 Å². The van der Waals surface area contributed by atoms with E-state index in [9.17, 15) is 4.79 Å². The van der Waals surface area contributed by atoms with Crippen molar-refractivity contribution >= 4 is 22.3 Å². The fourth-order valence-corrected chi connectivity index (χ4v) is 2.82. The van der Waals surface area contributed by atoms with Gasteiger partial charge in [-0.3, -0.25) is 4.79 Å². The van der Waals surface area contributed by atoms with E-state index in [0.29, 0.717) is 5.88 Å². The van der Waals surface area contributed by atoms with Crippen LogP contribution in [0.25, 0.3) is 27.5 Å². The molecule has 0 spiro atoms. The molecule has 0 radical (unpaired) electrons. The molecule has 4 aromatic rings. The molecule has 2 aromatic carbocycles. The molecule has 0 fully saturated rings. The number of aromatic nitrogens is 2. The fourth-order valence-electron chi connectivity index (χ4n) is 2.82. The van der Waals surface area contributed by atoms with Crippen molar-refractivity contribution in [2.75, 3.05) is 0 Å². The van der Waals surface area contributed by atoms with E-state index in [4.69, 9.17) is 4.74 Å². The van der Waals surface area contributed by atoms with E-state index in [1.165, 1.54) is 6.92 Å². The largest absolute Gasteiger partial charge is 0.405 e. The lowest BCUT2D eigenvalue weighted by molar-refractivity contribution is -0.132. The smallest absolute Gasteiger partial charge is 0.309 e. The molecule has 112 valence electrons. The minimum absolute atomic E-state index is 0.328. The summed E-state index contributed by atoms with van der Waals surface area (Å²) in [6.07, 6.45) is 0. The number of benzene rings is 2. The number of fused-ring (bicyclic) bond motifs is 3. The summed E-state index contributed by atoms with van der Waals surface area (Å²) in [4.78, 5) is 11.4. The van der Waals surface area contributed by atoms with Crippen LogP contribution in [0.3, 0.4) is 0 Å². The average molecular weight is 302 g/mol. The predicted molar refractivity (Wildman–Crippen MR) is 89.4 cm³/mol. The van der Waals surface area contributed by atoms with Crippen LogP contribution in [0.15, 0.2) is 66.7 Å². The van der Waals surface area contributed by atoms with Crippen LogP contribution in [-0.4, -0.2) is 15.6 Å². The summed E-state index contributed by atoms with van der Waals surface area (Å²) >= 11 is 0. The Morgan fingerprint density at radius 3 is 2.35 bits per heavy atom. The molecule has 2 aromatic heterocycles. The summed E-state index contributed by atoms with van der Waals surface area (Å²) in [6.45, 7) is 1.38. The van der Waals surface area contributed by atoms with E-state index in [1.807, 2.05) is 71.2 Å². The number of hydrogen-bond acceptors (Lipinski definition) is 3. The molecule has 0 aliphatic heterocycles. The van der Waals surface area contributed by atoms with Gasteiger partial charge in [0.25, 0.3) is 0 Å². The molecule has 0 amide bonds. The van der Waals surface area contributed by atoms with Crippen LogP contribution in [0.1, 0.15) is 6.92 Å². The number of rotatable bonds is 2. The second-order valence-corrected chi connectivity index (χ2v) is 5.33. The lowest BCUT2D eigenvalue weighted by atomic mass is 10.1. The van der Waals surface area contributed by atoms with E-state index in [1.54, 1.807) is 0 Å². The van der Waals surface area contributed by atoms with Gasteiger partial charge in [0.05, 0.1) is 11.2 Å². The van der Waals surface area contributed by atoms with Crippen molar-refractivity contribution in [3.05, 3.63) is 66.7 Å². The van der Waals surface area contributed by atoms with Crippen molar-refractivity contribution in [2.45, 2.75) is 6.92 Å². The van der Waals surface area contributed by atoms with Crippen LogP contribution in [0.2, 0.25) is 0 Å². The third-order valence-corrected chi connectivity index (χ3v) is 3.79. The van der Waals surface area contributed by atoms with Crippen molar-refractivity contribution in [1.82, 2.24) is 9.61 Å². The van der Waals surface area contributed by atoms with Gasteiger partial charge in [0.2, 0.25) is 5.88 Å². The number of carbonyl (C=O) groups is 1. The van der Waals surface area contributed by atoms with Crippen molar-refractivity contribution in [3.8, 4) is 17.1 Å². The summed E-state index contributed by atoms with van der Waals surface area (Å²) in [5.41, 5.74) is 3.00. The Morgan fingerprint density at radius 1 is 0.913 bits per heavy atom. The zero-order valence-electron chi connectivity index (χ0n) is 12.6. The zero-order chi connectivity index (χ0) is 15.8. The van der Waals surface area contributed by atoms with E-state index in [-0.39, 0.29) is 5.97 Å². The SMILES string of the molecule is CC(=O)Oc1nn2c(-c3ccccc3)ccc2c2ccccc12. The summed E-state index contributed by atoms with van der Waals surface area (Å²) in [6, 6.07) is 21.9. The molecular formula is C19H14N2O2. The zero-order valence-corrected chi connectivity index (χ0v) is 12.6. The molecule has 0 atom stereocenters. The fraction of sp³-hybridized carbons (Fsp3) is 0.0526. The number of carbonyl (C=O) groups excluding carboxylic acids is 1. The van der Waals surface area contributed by atoms with Crippen LogP contribution in [-0.2, 0) is 4.79 Å². The highest BCUT2D eigenvalue weighted by atomic mass is 16.5. The summed E-state index contributed by atoms with van der Waals surface area (Å²) in [5.74, 6) is -0.0515. The summed E-state index contributed by atoms with van der Waals surface area (Å²) in [5, 5.41) is 6.38. The molecule has 4 rings (SSSR count). The molecule has 2 heterocycles. The molecule has 0 unspecified atom stereocenters. The first-order chi connectivity index (χ1) is 11.2. The Balaban J connectivity index is 2.06. The molecule has 23 heavy (non-hydrogen) atoms. The van der Waals surface area contributed by atoms with Gasteiger partial charge in [-0.05, 0) is 18.2 Å². The normalized spacial score (nSPS) is 11.0. The lowest BCUT2D eigenvalue weighted by Crippen LogP contribution is -2.06. The maximum atomic E-state index is 11.4. The summed E-state index contributed by atoms with van der Waals surface area (Å²) in [7, 11) is 0. The van der Waals surface area contributed by atoms with Gasteiger partial charge in [-0.15, -0.1) is 5.10 Å². The Morgan fingerprint density at radius 2 is 1.61 bits per heavy atom. The molecule has 0 bridgehead atoms. The highest BCUT2D eigenvalue weighted by Gasteiger charge is 2.14. The Hall–Kier alpha value is -3.14. The molecular weight excluding hydrogens is 288 g/mol. The van der Waals surface area contributed by atoms with Gasteiger partial charge < -0.3 is 4.74 Å². The number of hydrogen-bond donors (Lipinski definition) is 0. The molecule has 0 aliphatic rings. The van der Waals surface area contributed by atoms with Crippen LogP contribution >= 0.6 is 0 Å². The van der Waals surface area contributed by atoms with Gasteiger partial charge in [0.1, 0.15) is 0 Å². The molecule has 4 nitrogen and oxygen atoms in total. The average Bonchev–Trinajstić information content (AvgIpc) is 2.99. The monoisotopic (exact) mass is 302 g/mol. The van der Waals surface area contributed by atoms with Gasteiger partial charge in [0, 0.05) is 23.3 Å². The Kier molecular flexibility index (Phi) is 3.08. The first-order valence-corrected chi connectivity index (χ1v) is 7.38. The highest BCUT2D eigenvalue weighted by Crippen LogP contribution is 2.31. The number of esters is 1. The van der Waals surface area contributed by atoms with Gasteiger partial charge in [-0.2, -0.15) is 0 Å². The van der Waals surface area contributed by atoms with Gasteiger partial charge >= 0.3 is 5.97 Å². The van der Waals surface area contributed by atoms with E-state index >= 15 is 0 Å². The topological polar surface area (TPSA) is 43.6 Å². The third kappa shape index (κ3) is 2.25. The summed E-state index contributed by atoms with van der Waals surface area (Å²) < 4.78 is 7.15. The van der Waals surface area contributed by atoms with Gasteiger partial charge in [-0.25, -0.2) is 4.52 Å². The molecule has 0 saturated heterocycles. The minimum atomic E-state index is -0.379. The molecule has 0 aliphatic carbocycles. The highest BCUT2D eigenvalue weighted by molar-refractivity contribution is 6.00. The third-order valence-electron chi connectivity index (χ3n) is 3.79. The van der Waals surface area contributed by atoms with Crippen LogP contribution < -0.4 is 4.74 Å². The lowest BCUT2D eigenvalue weighted by Gasteiger charge is -2.09. The van der Waals surface area contributed by atoms with Crippen molar-refractivity contribution in [3.63, 3.8) is 0 Å². The van der Waals surface area contributed by atoms with E-state index < -0.39 is 0 Å². The first-order valence-electron chi connectivity index (χ1n) is 7.38. The minimum Gasteiger partial charge on any atom is -0.405 e. The van der Waals surface area contributed by atoms with E-state index in [0.717, 1.165) is 27.5 Å². The van der Waals surface area contributed by atoms with Crippen LogP contribution in [0.5, 0.6) is 5.88 Å². The second-order valence-electron chi connectivity index (χ2n) is 5.33. The first kappa shape index (κ1) is 13.5. The van der Waals surface area contributed by atoms with E-state index in [2.05, 4.69) is 5.10 Å². The molecule has 0 N–H and O–H groups in total. The molecule has 4 heteroatoms. The quantitative estimate of drug-likeness (QED) is 0.524. The number of ether oxygens (including phenoxy) is 1. The maximum Gasteiger partial charge on any atom is 0.309 e. The van der Waals surface area contributed by atoms with Crippen LogP contribution in [0.4, 0.5) is 0 Å². The van der Waals surface area contributed by atoms with Crippen molar-refractivity contribution in [2.24, 2.45) is 0 Å². The maximum absolute atomic E-state index is 11.4. The second kappa shape index (κ2) is 5.25. The standard InChI is InChI=1S/C19H14N2O2/c1-13(22)23-19-16-10-6-5-9-15(16)18-12-11-17(21(18)20-19)14-7-3-2-4-8-14/h2-12H,1H3. The Labute approximate surface area is 132 Å². The molecule has 0 saturated carbocycles. The van der Waals surface area contributed by atoms with Crippen molar-refractivity contribution < 1.29 is 9.53 Å². The predicted octanol–water partition coefficient (Wildman–Crippen LogP) is 4.08. The van der Waals surface area contributed by atoms with Gasteiger partial charge in [0.15, 0.2) is 0 Å². The van der Waals surface area contributed by atoms with Gasteiger partial charge in [-0.1, -0.05) is 48.5 Å².